The molecule has 0 aliphatic rings. The Bertz CT molecular complexity index is 577. The summed E-state index contributed by atoms with van der Waals surface area (Å²) in [5.41, 5.74) is 0.444. The van der Waals surface area contributed by atoms with E-state index in [0.717, 1.165) is 4.31 Å². The van der Waals surface area contributed by atoms with E-state index in [1.165, 1.54) is 31.3 Å². The first-order valence-electron chi connectivity index (χ1n) is 5.20. The number of carbonyl (C=O) groups is 1. The summed E-state index contributed by atoms with van der Waals surface area (Å²) in [7, 11) is -2.43. The number of hydrogen-bond acceptors (Lipinski definition) is 3. The molecule has 0 amide bonds. The Morgan fingerprint density at radius 1 is 1.39 bits per heavy atom. The van der Waals surface area contributed by atoms with Crippen molar-refractivity contribution >= 4 is 16.0 Å². The maximum Gasteiger partial charge on any atom is 0.337 e. The van der Waals surface area contributed by atoms with Crippen molar-refractivity contribution in [1.82, 2.24) is 4.31 Å². The van der Waals surface area contributed by atoms with Gasteiger partial charge in [-0.15, -0.1) is 0 Å². The Balaban J connectivity index is 3.29. The van der Waals surface area contributed by atoms with Crippen molar-refractivity contribution < 1.29 is 18.3 Å². The van der Waals surface area contributed by atoms with E-state index in [2.05, 4.69) is 6.58 Å². The molecule has 18 heavy (non-hydrogen) atoms. The van der Waals surface area contributed by atoms with Gasteiger partial charge in [-0.2, -0.15) is 4.31 Å². The number of carboxylic acids is 1. The minimum atomic E-state index is -3.82. The smallest absolute Gasteiger partial charge is 0.337 e. The van der Waals surface area contributed by atoms with Gasteiger partial charge >= 0.3 is 5.97 Å². The fourth-order valence-corrected chi connectivity index (χ4v) is 2.91. The number of sulfonamides is 1. The summed E-state index contributed by atoms with van der Waals surface area (Å²) in [5, 5.41) is 8.99. The number of rotatable bonds is 5. The molecule has 0 atom stereocenters. The van der Waals surface area contributed by atoms with Crippen molar-refractivity contribution in [2.75, 3.05) is 13.6 Å². The van der Waals surface area contributed by atoms with E-state index in [0.29, 0.717) is 5.57 Å². The van der Waals surface area contributed by atoms with Crippen LogP contribution in [0, 0.1) is 0 Å². The first-order chi connectivity index (χ1) is 8.26. The molecule has 5 nitrogen and oxygen atoms in total. The summed E-state index contributed by atoms with van der Waals surface area (Å²) in [5.74, 6) is -1.27. The Morgan fingerprint density at radius 3 is 2.44 bits per heavy atom. The number of aromatic carboxylic acids is 1. The predicted octanol–water partition coefficient (Wildman–Crippen LogP) is 1.58. The van der Waals surface area contributed by atoms with Gasteiger partial charge in [0.05, 0.1) is 10.5 Å². The number of nitrogens with zero attached hydrogens (tertiary/aromatic N) is 1. The van der Waals surface area contributed by atoms with E-state index >= 15 is 0 Å². The van der Waals surface area contributed by atoms with Crippen molar-refractivity contribution in [1.29, 1.82) is 0 Å². The second-order valence-corrected chi connectivity index (χ2v) is 6.03. The molecular formula is C12H15NO4S. The van der Waals surface area contributed by atoms with E-state index in [1.54, 1.807) is 6.92 Å². The zero-order chi connectivity index (χ0) is 13.9. The molecular weight excluding hydrogens is 254 g/mol. The molecule has 0 heterocycles. The van der Waals surface area contributed by atoms with Crippen molar-refractivity contribution in [3.05, 3.63) is 42.0 Å². The van der Waals surface area contributed by atoms with Gasteiger partial charge in [0, 0.05) is 13.6 Å². The van der Waals surface area contributed by atoms with Crippen LogP contribution in [-0.4, -0.2) is 37.4 Å². The standard InChI is InChI=1S/C12H15NO4S/c1-9(2)8-13(3)18(16,17)11-7-5-4-6-10(11)12(14)15/h4-7H,1,8H2,2-3H3,(H,14,15). The lowest BCUT2D eigenvalue weighted by Gasteiger charge is -2.18. The van der Waals surface area contributed by atoms with Crippen LogP contribution >= 0.6 is 0 Å². The summed E-state index contributed by atoms with van der Waals surface area (Å²) < 4.78 is 25.5. The highest BCUT2D eigenvalue weighted by atomic mass is 32.2. The Kier molecular flexibility index (Phi) is 4.26. The first-order valence-corrected chi connectivity index (χ1v) is 6.64. The quantitative estimate of drug-likeness (QED) is 0.823. The molecule has 1 aromatic carbocycles. The topological polar surface area (TPSA) is 74.7 Å². The molecule has 6 heteroatoms. The molecule has 1 aromatic rings. The summed E-state index contributed by atoms with van der Waals surface area (Å²) in [6, 6.07) is 5.53. The Hall–Kier alpha value is -1.66. The Labute approximate surface area is 106 Å². The second-order valence-electron chi connectivity index (χ2n) is 4.02. The zero-order valence-electron chi connectivity index (χ0n) is 10.3. The van der Waals surface area contributed by atoms with Crippen molar-refractivity contribution in [3.63, 3.8) is 0 Å². The fourth-order valence-electron chi connectivity index (χ4n) is 1.50. The van der Waals surface area contributed by atoms with Crippen LogP contribution in [0.3, 0.4) is 0 Å². The van der Waals surface area contributed by atoms with Crippen LogP contribution in [0.4, 0.5) is 0 Å². The monoisotopic (exact) mass is 269 g/mol. The summed E-state index contributed by atoms with van der Waals surface area (Å²) in [6.07, 6.45) is 0. The van der Waals surface area contributed by atoms with Gasteiger partial charge in [0.2, 0.25) is 10.0 Å². The molecule has 1 N–H and O–H groups in total. The minimum absolute atomic E-state index is 0.149. The average Bonchev–Trinajstić information content (AvgIpc) is 2.28. The maximum absolute atomic E-state index is 12.2. The molecule has 1 rings (SSSR count). The van der Waals surface area contributed by atoms with E-state index in [4.69, 9.17) is 5.11 Å². The lowest BCUT2D eigenvalue weighted by Crippen LogP contribution is -2.29. The van der Waals surface area contributed by atoms with Crippen molar-refractivity contribution in [2.45, 2.75) is 11.8 Å². The van der Waals surface area contributed by atoms with E-state index in [1.807, 2.05) is 0 Å². The average molecular weight is 269 g/mol. The molecule has 98 valence electrons. The third-order valence-electron chi connectivity index (χ3n) is 2.30. The number of hydrogen-bond donors (Lipinski definition) is 1. The second kappa shape index (κ2) is 5.32. The van der Waals surface area contributed by atoms with Gasteiger partial charge < -0.3 is 5.11 Å². The molecule has 0 spiro atoms. The summed E-state index contributed by atoms with van der Waals surface area (Å²) in [6.45, 7) is 5.49. The molecule has 0 fully saturated rings. The van der Waals surface area contributed by atoms with Gasteiger partial charge in [-0.05, 0) is 19.1 Å². The minimum Gasteiger partial charge on any atom is -0.478 e. The highest BCUT2D eigenvalue weighted by Gasteiger charge is 2.25. The molecule has 0 unspecified atom stereocenters. The van der Waals surface area contributed by atoms with Crippen LogP contribution in [0.2, 0.25) is 0 Å². The van der Waals surface area contributed by atoms with Crippen LogP contribution in [0.5, 0.6) is 0 Å². The van der Waals surface area contributed by atoms with Crippen molar-refractivity contribution in [3.8, 4) is 0 Å². The van der Waals surface area contributed by atoms with E-state index in [-0.39, 0.29) is 17.0 Å². The van der Waals surface area contributed by atoms with Gasteiger partial charge in [-0.1, -0.05) is 24.3 Å². The molecule has 0 aromatic heterocycles. The molecule has 0 radical (unpaired) electrons. The largest absolute Gasteiger partial charge is 0.478 e. The fraction of sp³-hybridized carbons (Fsp3) is 0.250. The molecule has 0 bridgehead atoms. The lowest BCUT2D eigenvalue weighted by atomic mass is 10.2. The SMILES string of the molecule is C=C(C)CN(C)S(=O)(=O)c1ccccc1C(=O)O. The molecule has 0 aliphatic carbocycles. The highest BCUT2D eigenvalue weighted by molar-refractivity contribution is 7.89. The molecule has 0 saturated heterocycles. The van der Waals surface area contributed by atoms with Gasteiger partial charge in [0.15, 0.2) is 0 Å². The van der Waals surface area contributed by atoms with Crippen LogP contribution < -0.4 is 0 Å². The molecule has 0 saturated carbocycles. The van der Waals surface area contributed by atoms with Crippen molar-refractivity contribution in [2.24, 2.45) is 0 Å². The summed E-state index contributed by atoms with van der Waals surface area (Å²) >= 11 is 0. The third kappa shape index (κ3) is 2.96. The zero-order valence-corrected chi connectivity index (χ0v) is 11.1. The predicted molar refractivity (Wildman–Crippen MR) is 68.0 cm³/mol. The number of carboxylic acid groups (broad SMARTS) is 1. The maximum atomic E-state index is 12.2. The van der Waals surface area contributed by atoms with E-state index in [9.17, 15) is 13.2 Å². The van der Waals surface area contributed by atoms with Gasteiger partial charge in [-0.3, -0.25) is 0 Å². The Morgan fingerprint density at radius 2 is 1.94 bits per heavy atom. The third-order valence-corrected chi connectivity index (χ3v) is 4.16. The summed E-state index contributed by atoms with van der Waals surface area (Å²) in [4.78, 5) is 10.8. The van der Waals surface area contributed by atoms with Crippen LogP contribution in [0.15, 0.2) is 41.3 Å². The normalized spacial score (nSPS) is 11.5. The van der Waals surface area contributed by atoms with Gasteiger partial charge in [-0.25, -0.2) is 13.2 Å². The first kappa shape index (κ1) is 14.4. The van der Waals surface area contributed by atoms with Crippen LogP contribution in [-0.2, 0) is 10.0 Å². The van der Waals surface area contributed by atoms with Crippen LogP contribution in [0.25, 0.3) is 0 Å². The number of likely N-dealkylation sites (N-methyl/N-ethyl adjacent to an activating group) is 1. The van der Waals surface area contributed by atoms with Gasteiger partial charge in [0.1, 0.15) is 0 Å². The number of benzene rings is 1. The van der Waals surface area contributed by atoms with Gasteiger partial charge in [0.25, 0.3) is 0 Å². The van der Waals surface area contributed by atoms with Crippen LogP contribution in [0.1, 0.15) is 17.3 Å². The molecule has 0 aliphatic heterocycles. The van der Waals surface area contributed by atoms with E-state index < -0.39 is 16.0 Å². The lowest BCUT2D eigenvalue weighted by molar-refractivity contribution is 0.0692. The highest BCUT2D eigenvalue weighted by Crippen LogP contribution is 2.19.